The van der Waals surface area contributed by atoms with Crippen LogP contribution in [0.2, 0.25) is 0 Å². The predicted octanol–water partition coefficient (Wildman–Crippen LogP) is 2.31. The SMILES string of the molecule is C[C@@H](NC1COC(C)(C)OC1)C1CCCC1. The summed E-state index contributed by atoms with van der Waals surface area (Å²) in [6.07, 6.45) is 5.57. The standard InChI is InChI=1S/C13H25NO2/c1-10(11-6-4-5-7-11)14-12-8-15-13(2,3)16-9-12/h10-12,14H,4-9H2,1-3H3/t10-/m1/s1. The van der Waals surface area contributed by atoms with E-state index in [0.717, 1.165) is 19.1 Å². The molecule has 0 spiro atoms. The largest absolute Gasteiger partial charge is 0.349 e. The molecule has 1 aliphatic carbocycles. The monoisotopic (exact) mass is 227 g/mol. The fraction of sp³-hybridized carbons (Fsp3) is 1.00. The molecule has 0 unspecified atom stereocenters. The Labute approximate surface area is 98.9 Å². The van der Waals surface area contributed by atoms with E-state index in [9.17, 15) is 0 Å². The Bertz CT molecular complexity index is 214. The van der Waals surface area contributed by atoms with Gasteiger partial charge in [-0.3, -0.25) is 0 Å². The molecule has 0 aromatic carbocycles. The van der Waals surface area contributed by atoms with Crippen molar-refractivity contribution >= 4 is 0 Å². The molecule has 94 valence electrons. The number of hydrogen-bond donors (Lipinski definition) is 1. The van der Waals surface area contributed by atoms with Crippen LogP contribution in [0.15, 0.2) is 0 Å². The maximum absolute atomic E-state index is 5.66. The average Bonchev–Trinajstić information content (AvgIpc) is 2.74. The van der Waals surface area contributed by atoms with Crippen LogP contribution in [0.3, 0.4) is 0 Å². The minimum Gasteiger partial charge on any atom is -0.349 e. The molecule has 2 fully saturated rings. The summed E-state index contributed by atoms with van der Waals surface area (Å²) in [6, 6.07) is 0.963. The third-order valence-corrected chi connectivity index (χ3v) is 3.87. The van der Waals surface area contributed by atoms with Gasteiger partial charge in [-0.05, 0) is 39.5 Å². The molecule has 1 aliphatic heterocycles. The van der Waals surface area contributed by atoms with Crippen LogP contribution in [0.25, 0.3) is 0 Å². The van der Waals surface area contributed by atoms with Crippen molar-refractivity contribution in [2.45, 2.75) is 64.3 Å². The lowest BCUT2D eigenvalue weighted by Gasteiger charge is -2.37. The first kappa shape index (κ1) is 12.3. The van der Waals surface area contributed by atoms with Crippen LogP contribution in [0.1, 0.15) is 46.5 Å². The van der Waals surface area contributed by atoms with E-state index in [4.69, 9.17) is 9.47 Å². The maximum atomic E-state index is 5.66. The van der Waals surface area contributed by atoms with Crippen LogP contribution in [-0.4, -0.2) is 31.1 Å². The van der Waals surface area contributed by atoms with Gasteiger partial charge in [-0.2, -0.15) is 0 Å². The topological polar surface area (TPSA) is 30.5 Å². The molecular formula is C13H25NO2. The normalized spacial score (nSPS) is 29.4. The third-order valence-electron chi connectivity index (χ3n) is 3.87. The van der Waals surface area contributed by atoms with E-state index in [2.05, 4.69) is 12.2 Å². The molecule has 1 heterocycles. The van der Waals surface area contributed by atoms with Gasteiger partial charge >= 0.3 is 0 Å². The van der Waals surface area contributed by atoms with Crippen molar-refractivity contribution in [3.05, 3.63) is 0 Å². The summed E-state index contributed by atoms with van der Waals surface area (Å²) in [6.45, 7) is 7.79. The van der Waals surface area contributed by atoms with Crippen molar-refractivity contribution in [1.29, 1.82) is 0 Å². The van der Waals surface area contributed by atoms with Gasteiger partial charge < -0.3 is 14.8 Å². The molecule has 2 aliphatic rings. The summed E-state index contributed by atoms with van der Waals surface area (Å²) in [4.78, 5) is 0. The molecule has 0 aromatic rings. The first-order valence-corrected chi connectivity index (χ1v) is 6.61. The summed E-state index contributed by atoms with van der Waals surface area (Å²) < 4.78 is 11.3. The van der Waals surface area contributed by atoms with E-state index in [0.29, 0.717) is 12.1 Å². The Morgan fingerprint density at radius 2 is 1.69 bits per heavy atom. The van der Waals surface area contributed by atoms with Crippen molar-refractivity contribution in [3.8, 4) is 0 Å². The third kappa shape index (κ3) is 3.19. The Hall–Kier alpha value is -0.120. The molecule has 3 heteroatoms. The van der Waals surface area contributed by atoms with Crippen molar-refractivity contribution < 1.29 is 9.47 Å². The second-order valence-electron chi connectivity index (χ2n) is 5.72. The van der Waals surface area contributed by atoms with Gasteiger partial charge in [-0.15, -0.1) is 0 Å². The highest BCUT2D eigenvalue weighted by Crippen LogP contribution is 2.28. The number of nitrogens with one attached hydrogen (secondary N) is 1. The molecule has 1 saturated heterocycles. The zero-order valence-corrected chi connectivity index (χ0v) is 10.8. The second kappa shape index (κ2) is 5.03. The summed E-state index contributed by atoms with van der Waals surface area (Å²) in [7, 11) is 0. The molecule has 1 saturated carbocycles. The van der Waals surface area contributed by atoms with Gasteiger partial charge in [0, 0.05) is 6.04 Å². The van der Waals surface area contributed by atoms with Crippen molar-refractivity contribution in [2.75, 3.05) is 13.2 Å². The molecule has 1 atom stereocenters. The van der Waals surface area contributed by atoms with E-state index >= 15 is 0 Å². The Balaban J connectivity index is 1.73. The molecular weight excluding hydrogens is 202 g/mol. The van der Waals surface area contributed by atoms with Gasteiger partial charge in [-0.1, -0.05) is 12.8 Å². The highest BCUT2D eigenvalue weighted by molar-refractivity contribution is 4.82. The molecule has 0 amide bonds. The Kier molecular flexibility index (Phi) is 3.88. The van der Waals surface area contributed by atoms with E-state index in [1.54, 1.807) is 0 Å². The van der Waals surface area contributed by atoms with Crippen LogP contribution in [0.4, 0.5) is 0 Å². The van der Waals surface area contributed by atoms with Crippen molar-refractivity contribution in [1.82, 2.24) is 5.32 Å². The van der Waals surface area contributed by atoms with E-state index in [-0.39, 0.29) is 0 Å². The molecule has 0 radical (unpaired) electrons. The number of hydrogen-bond acceptors (Lipinski definition) is 3. The molecule has 0 bridgehead atoms. The minimum absolute atomic E-state index is 0.364. The summed E-state index contributed by atoms with van der Waals surface area (Å²) in [5, 5.41) is 3.65. The van der Waals surface area contributed by atoms with Gasteiger partial charge in [0.05, 0.1) is 19.3 Å². The van der Waals surface area contributed by atoms with Gasteiger partial charge in [-0.25, -0.2) is 0 Å². The predicted molar refractivity (Wildman–Crippen MR) is 64.3 cm³/mol. The molecule has 2 rings (SSSR count). The van der Waals surface area contributed by atoms with Gasteiger partial charge in [0.25, 0.3) is 0 Å². The number of rotatable bonds is 3. The van der Waals surface area contributed by atoms with Crippen LogP contribution >= 0.6 is 0 Å². The smallest absolute Gasteiger partial charge is 0.162 e. The van der Waals surface area contributed by atoms with Gasteiger partial charge in [0.1, 0.15) is 0 Å². The van der Waals surface area contributed by atoms with E-state index in [1.165, 1.54) is 25.7 Å². The van der Waals surface area contributed by atoms with Crippen LogP contribution < -0.4 is 5.32 Å². The summed E-state index contributed by atoms with van der Waals surface area (Å²) >= 11 is 0. The maximum Gasteiger partial charge on any atom is 0.162 e. The van der Waals surface area contributed by atoms with E-state index in [1.807, 2.05) is 13.8 Å². The Morgan fingerprint density at radius 1 is 1.12 bits per heavy atom. The lowest BCUT2D eigenvalue weighted by Crippen LogP contribution is -2.52. The molecule has 1 N–H and O–H groups in total. The Morgan fingerprint density at radius 3 is 2.25 bits per heavy atom. The zero-order valence-electron chi connectivity index (χ0n) is 10.8. The summed E-state index contributed by atoms with van der Waals surface area (Å²) in [5.41, 5.74) is 0. The summed E-state index contributed by atoms with van der Waals surface area (Å²) in [5.74, 6) is 0.462. The van der Waals surface area contributed by atoms with Crippen LogP contribution in [-0.2, 0) is 9.47 Å². The minimum atomic E-state index is -0.394. The van der Waals surface area contributed by atoms with Crippen molar-refractivity contribution in [3.63, 3.8) is 0 Å². The fourth-order valence-corrected chi connectivity index (χ4v) is 2.75. The lowest BCUT2D eigenvalue weighted by molar-refractivity contribution is -0.253. The molecule has 3 nitrogen and oxygen atoms in total. The fourth-order valence-electron chi connectivity index (χ4n) is 2.75. The second-order valence-corrected chi connectivity index (χ2v) is 5.72. The highest BCUT2D eigenvalue weighted by atomic mass is 16.7. The quantitative estimate of drug-likeness (QED) is 0.802. The first-order chi connectivity index (χ1) is 7.57. The van der Waals surface area contributed by atoms with E-state index < -0.39 is 5.79 Å². The first-order valence-electron chi connectivity index (χ1n) is 6.61. The molecule has 0 aromatic heterocycles. The van der Waals surface area contributed by atoms with Gasteiger partial charge in [0.15, 0.2) is 5.79 Å². The average molecular weight is 227 g/mol. The molecule has 16 heavy (non-hydrogen) atoms. The zero-order chi connectivity index (χ0) is 11.6. The lowest BCUT2D eigenvalue weighted by atomic mass is 9.99. The number of ether oxygens (including phenoxy) is 2. The van der Waals surface area contributed by atoms with Crippen LogP contribution in [0.5, 0.6) is 0 Å². The van der Waals surface area contributed by atoms with Crippen LogP contribution in [0, 0.1) is 5.92 Å². The van der Waals surface area contributed by atoms with Gasteiger partial charge in [0.2, 0.25) is 0 Å². The highest BCUT2D eigenvalue weighted by Gasteiger charge is 2.30. The van der Waals surface area contributed by atoms with Crippen molar-refractivity contribution in [2.24, 2.45) is 5.92 Å².